The third-order valence-electron chi connectivity index (χ3n) is 5.69. The number of rotatable bonds is 5. The van der Waals surface area contributed by atoms with E-state index in [0.717, 1.165) is 18.7 Å². The Kier molecular flexibility index (Phi) is 5.43. The maximum atomic E-state index is 12.3. The second-order valence-corrected chi connectivity index (χ2v) is 7.78. The highest BCUT2D eigenvalue weighted by Gasteiger charge is 2.33. The molecule has 0 saturated heterocycles. The van der Waals surface area contributed by atoms with Crippen LogP contribution in [0.3, 0.4) is 0 Å². The van der Waals surface area contributed by atoms with Crippen LogP contribution in [0.25, 0.3) is 0 Å². The lowest BCUT2D eigenvalue weighted by Gasteiger charge is -2.34. The van der Waals surface area contributed by atoms with Gasteiger partial charge in [0.05, 0.1) is 19.0 Å². The van der Waals surface area contributed by atoms with Gasteiger partial charge < -0.3 is 26.0 Å². The first-order valence-electron chi connectivity index (χ1n) is 10.2. The number of ether oxygens (including phenoxy) is 1. The highest BCUT2D eigenvalue weighted by atomic mass is 16.5. The number of nitrogens with zero attached hydrogens (tertiary/aromatic N) is 3. The first-order chi connectivity index (χ1) is 14.5. The fraction of sp³-hybridized carbons (Fsp3) is 0.429. The zero-order chi connectivity index (χ0) is 21.3. The van der Waals surface area contributed by atoms with Gasteiger partial charge in [0.25, 0.3) is 0 Å². The smallest absolute Gasteiger partial charge is 0.248 e. The Morgan fingerprint density at radius 1 is 1.33 bits per heavy atom. The predicted octanol–water partition coefficient (Wildman–Crippen LogP) is 2.81. The van der Waals surface area contributed by atoms with Crippen molar-refractivity contribution in [3.63, 3.8) is 0 Å². The van der Waals surface area contributed by atoms with Gasteiger partial charge in [-0.25, -0.2) is 4.98 Å². The van der Waals surface area contributed by atoms with E-state index in [0.29, 0.717) is 41.1 Å². The number of amides is 2. The van der Waals surface area contributed by atoms with Gasteiger partial charge in [-0.2, -0.15) is 4.98 Å². The van der Waals surface area contributed by atoms with E-state index in [1.54, 1.807) is 24.4 Å². The number of nitrogens with two attached hydrogens (primary N) is 1. The molecule has 9 nitrogen and oxygen atoms in total. The van der Waals surface area contributed by atoms with Crippen LogP contribution >= 0.6 is 0 Å². The Balaban J connectivity index is 1.69. The molecule has 1 atom stereocenters. The van der Waals surface area contributed by atoms with Crippen molar-refractivity contribution in [2.24, 2.45) is 5.73 Å². The number of primary amides is 1. The van der Waals surface area contributed by atoms with Gasteiger partial charge in [0, 0.05) is 24.1 Å². The summed E-state index contributed by atoms with van der Waals surface area (Å²) in [5, 5.41) is 6.09. The highest BCUT2D eigenvalue weighted by Crippen LogP contribution is 2.37. The molecule has 0 radical (unpaired) electrons. The van der Waals surface area contributed by atoms with Gasteiger partial charge in [0.2, 0.25) is 17.8 Å². The Labute approximate surface area is 175 Å². The van der Waals surface area contributed by atoms with Crippen LogP contribution in [0.15, 0.2) is 24.4 Å². The van der Waals surface area contributed by atoms with Gasteiger partial charge in [-0.15, -0.1) is 0 Å². The number of carbonyl (C=O) groups excluding carboxylic acids is 2. The molecule has 0 spiro atoms. The van der Waals surface area contributed by atoms with E-state index >= 15 is 0 Å². The lowest BCUT2D eigenvalue weighted by Crippen LogP contribution is -2.41. The first-order valence-corrected chi connectivity index (χ1v) is 10.2. The molecule has 1 saturated carbocycles. The lowest BCUT2D eigenvalue weighted by atomic mass is 10.1. The SMILES string of the molecule is COc1cc(C(N)=O)ccc1Nc1ncc2c(n1)N(C1CCCC1)C(C)CC(=O)N2. The molecule has 1 aromatic heterocycles. The number of hydrogen-bond donors (Lipinski definition) is 3. The van der Waals surface area contributed by atoms with Gasteiger partial charge in [0.15, 0.2) is 5.82 Å². The second kappa shape index (κ2) is 8.17. The molecule has 1 aliphatic heterocycles. The number of anilines is 4. The van der Waals surface area contributed by atoms with E-state index in [2.05, 4.69) is 27.4 Å². The molecule has 4 N–H and O–H groups in total. The summed E-state index contributed by atoms with van der Waals surface area (Å²) >= 11 is 0. The van der Waals surface area contributed by atoms with Crippen LogP contribution in [-0.4, -0.2) is 41.0 Å². The number of fused-ring (bicyclic) bond motifs is 1. The van der Waals surface area contributed by atoms with Gasteiger partial charge >= 0.3 is 0 Å². The monoisotopic (exact) mass is 410 g/mol. The fourth-order valence-electron chi connectivity index (χ4n) is 4.28. The summed E-state index contributed by atoms with van der Waals surface area (Å²) in [6.45, 7) is 2.06. The van der Waals surface area contributed by atoms with Crippen molar-refractivity contribution in [2.45, 2.75) is 51.1 Å². The van der Waals surface area contributed by atoms with E-state index in [-0.39, 0.29) is 11.9 Å². The molecular weight excluding hydrogens is 384 g/mol. The van der Waals surface area contributed by atoms with Crippen molar-refractivity contribution in [3.05, 3.63) is 30.0 Å². The second-order valence-electron chi connectivity index (χ2n) is 7.78. The van der Waals surface area contributed by atoms with Crippen molar-refractivity contribution >= 4 is 35.0 Å². The molecule has 1 unspecified atom stereocenters. The van der Waals surface area contributed by atoms with Gasteiger partial charge in [-0.3, -0.25) is 9.59 Å². The molecule has 1 fully saturated rings. The van der Waals surface area contributed by atoms with Crippen LogP contribution in [-0.2, 0) is 4.79 Å². The average Bonchev–Trinajstić information content (AvgIpc) is 3.20. The Hall–Kier alpha value is -3.36. The summed E-state index contributed by atoms with van der Waals surface area (Å²) in [4.78, 5) is 35.1. The average molecular weight is 410 g/mol. The molecule has 4 rings (SSSR count). The maximum absolute atomic E-state index is 12.3. The van der Waals surface area contributed by atoms with E-state index in [4.69, 9.17) is 15.5 Å². The first kappa shape index (κ1) is 19.9. The van der Waals surface area contributed by atoms with Crippen LogP contribution in [0.4, 0.5) is 23.1 Å². The molecule has 2 aromatic rings. The molecule has 2 amide bonds. The number of benzene rings is 1. The van der Waals surface area contributed by atoms with E-state index in [1.165, 1.54) is 20.0 Å². The van der Waals surface area contributed by atoms with Gasteiger partial charge in [-0.1, -0.05) is 12.8 Å². The number of aromatic nitrogens is 2. The molecule has 2 heterocycles. The zero-order valence-electron chi connectivity index (χ0n) is 17.1. The molecule has 0 bridgehead atoms. The molecule has 30 heavy (non-hydrogen) atoms. The van der Waals surface area contributed by atoms with Crippen molar-refractivity contribution in [1.82, 2.24) is 9.97 Å². The van der Waals surface area contributed by atoms with Gasteiger partial charge in [0.1, 0.15) is 11.4 Å². The third-order valence-corrected chi connectivity index (χ3v) is 5.69. The largest absolute Gasteiger partial charge is 0.495 e. The van der Waals surface area contributed by atoms with Crippen molar-refractivity contribution in [2.75, 3.05) is 22.6 Å². The summed E-state index contributed by atoms with van der Waals surface area (Å²) in [7, 11) is 1.52. The van der Waals surface area contributed by atoms with Crippen LogP contribution in [0, 0.1) is 0 Å². The topological polar surface area (TPSA) is 122 Å². The fourth-order valence-corrected chi connectivity index (χ4v) is 4.28. The molecule has 158 valence electrons. The van der Waals surface area contributed by atoms with E-state index in [1.807, 2.05) is 0 Å². The Bertz CT molecular complexity index is 973. The summed E-state index contributed by atoms with van der Waals surface area (Å²) in [6, 6.07) is 5.29. The Morgan fingerprint density at radius 3 is 2.80 bits per heavy atom. The van der Waals surface area contributed by atoms with Gasteiger partial charge in [-0.05, 0) is 38.0 Å². The van der Waals surface area contributed by atoms with Crippen molar-refractivity contribution in [1.29, 1.82) is 0 Å². The highest BCUT2D eigenvalue weighted by molar-refractivity contribution is 5.96. The van der Waals surface area contributed by atoms with Crippen molar-refractivity contribution < 1.29 is 14.3 Å². The number of methoxy groups -OCH3 is 1. The Morgan fingerprint density at radius 2 is 2.10 bits per heavy atom. The van der Waals surface area contributed by atoms with Crippen LogP contribution in [0.1, 0.15) is 49.4 Å². The van der Waals surface area contributed by atoms with E-state index < -0.39 is 5.91 Å². The minimum atomic E-state index is -0.530. The minimum Gasteiger partial charge on any atom is -0.495 e. The third kappa shape index (κ3) is 3.87. The molecule has 9 heteroatoms. The normalized spacial score (nSPS) is 19.1. The lowest BCUT2D eigenvalue weighted by molar-refractivity contribution is -0.116. The van der Waals surface area contributed by atoms with E-state index in [9.17, 15) is 9.59 Å². The predicted molar refractivity (Wildman–Crippen MR) is 114 cm³/mol. The summed E-state index contributed by atoms with van der Waals surface area (Å²) in [5.41, 5.74) is 6.94. The molecular formula is C21H26N6O3. The summed E-state index contributed by atoms with van der Waals surface area (Å²) in [6.07, 6.45) is 6.60. The van der Waals surface area contributed by atoms with Crippen LogP contribution in [0.2, 0.25) is 0 Å². The molecule has 1 aliphatic carbocycles. The molecule has 2 aliphatic rings. The van der Waals surface area contributed by atoms with Crippen LogP contribution in [0.5, 0.6) is 5.75 Å². The minimum absolute atomic E-state index is 0.0303. The molecule has 1 aromatic carbocycles. The standard InChI is InChI=1S/C21H26N6O3/c1-12-9-18(28)24-16-11-23-21(26-20(16)27(12)14-5-3-4-6-14)25-15-8-7-13(19(22)29)10-17(15)30-2/h7-8,10-12,14H,3-6,9H2,1-2H3,(H2,22,29)(H,24,28)(H,23,25,26). The van der Waals surface area contributed by atoms with Crippen LogP contribution < -0.4 is 26.0 Å². The summed E-state index contributed by atoms with van der Waals surface area (Å²) < 4.78 is 5.38. The summed E-state index contributed by atoms with van der Waals surface area (Å²) in [5.74, 6) is 1.00. The number of nitrogens with one attached hydrogen (secondary N) is 2. The maximum Gasteiger partial charge on any atom is 0.248 e. The number of hydrogen-bond acceptors (Lipinski definition) is 7. The van der Waals surface area contributed by atoms with Crippen molar-refractivity contribution in [3.8, 4) is 5.75 Å². The quantitative estimate of drug-likeness (QED) is 0.693. The zero-order valence-corrected chi connectivity index (χ0v) is 17.1. The number of carbonyl (C=O) groups is 2.